The van der Waals surface area contributed by atoms with E-state index in [1.165, 1.54) is 16.7 Å². The molecule has 1 amide bonds. The van der Waals surface area contributed by atoms with Crippen molar-refractivity contribution in [2.24, 2.45) is 0 Å². The van der Waals surface area contributed by atoms with E-state index in [1.54, 1.807) is 0 Å². The predicted molar refractivity (Wildman–Crippen MR) is 102 cm³/mol. The Hall–Kier alpha value is -2.14. The maximum absolute atomic E-state index is 12.5. The monoisotopic (exact) mass is 355 g/mol. The highest BCUT2D eigenvalue weighted by atomic mass is 16.5. The highest BCUT2D eigenvalue weighted by Gasteiger charge is 2.22. The number of benzene rings is 1. The van der Waals surface area contributed by atoms with Crippen molar-refractivity contribution in [3.05, 3.63) is 52.4 Å². The summed E-state index contributed by atoms with van der Waals surface area (Å²) in [6.45, 7) is 10.3. The minimum Gasteiger partial charge on any atom is -0.361 e. The molecule has 1 aromatic heterocycles. The van der Waals surface area contributed by atoms with Gasteiger partial charge in [0.15, 0.2) is 0 Å². The summed E-state index contributed by atoms with van der Waals surface area (Å²) in [7, 11) is 0. The summed E-state index contributed by atoms with van der Waals surface area (Å²) >= 11 is 0. The van der Waals surface area contributed by atoms with E-state index < -0.39 is 0 Å². The molecule has 2 heterocycles. The van der Waals surface area contributed by atoms with Crippen molar-refractivity contribution >= 4 is 5.91 Å². The van der Waals surface area contributed by atoms with Crippen LogP contribution in [-0.4, -0.2) is 47.0 Å². The first-order chi connectivity index (χ1) is 12.5. The van der Waals surface area contributed by atoms with Gasteiger partial charge in [-0.25, -0.2) is 0 Å². The Bertz CT molecular complexity index is 709. The van der Waals surface area contributed by atoms with Crippen molar-refractivity contribution in [3.8, 4) is 0 Å². The van der Waals surface area contributed by atoms with E-state index in [9.17, 15) is 4.79 Å². The van der Waals surface area contributed by atoms with Crippen LogP contribution in [0.3, 0.4) is 0 Å². The molecule has 0 bridgehead atoms. The fourth-order valence-corrected chi connectivity index (χ4v) is 3.46. The Labute approximate surface area is 156 Å². The lowest BCUT2D eigenvalue weighted by atomic mass is 10.1. The maximum Gasteiger partial charge on any atom is 0.222 e. The van der Waals surface area contributed by atoms with E-state index in [1.807, 2.05) is 18.7 Å². The number of aryl methyl sites for hydroxylation is 4. The summed E-state index contributed by atoms with van der Waals surface area (Å²) in [5, 5.41) is 4.02. The van der Waals surface area contributed by atoms with Gasteiger partial charge in [-0.2, -0.15) is 0 Å². The molecule has 0 atom stereocenters. The normalized spacial score (nSPS) is 15.4. The minimum absolute atomic E-state index is 0.286. The van der Waals surface area contributed by atoms with E-state index >= 15 is 0 Å². The van der Waals surface area contributed by atoms with Gasteiger partial charge in [0.1, 0.15) is 5.76 Å². The maximum atomic E-state index is 12.5. The Morgan fingerprint density at radius 1 is 1.08 bits per heavy atom. The molecule has 1 saturated heterocycles. The average molecular weight is 355 g/mol. The first-order valence-electron chi connectivity index (χ1n) is 9.50. The molecule has 5 heteroatoms. The molecule has 1 fully saturated rings. The van der Waals surface area contributed by atoms with Crippen LogP contribution in [0.4, 0.5) is 0 Å². The van der Waals surface area contributed by atoms with Gasteiger partial charge in [0, 0.05) is 44.7 Å². The topological polar surface area (TPSA) is 49.6 Å². The van der Waals surface area contributed by atoms with Crippen LogP contribution in [0.15, 0.2) is 28.8 Å². The third kappa shape index (κ3) is 4.73. The van der Waals surface area contributed by atoms with Crippen LogP contribution in [0.5, 0.6) is 0 Å². The molecule has 0 spiro atoms. The van der Waals surface area contributed by atoms with Crippen LogP contribution in [0.2, 0.25) is 0 Å². The second kappa shape index (κ2) is 8.49. The number of piperazine rings is 1. The Balaban J connectivity index is 1.40. The van der Waals surface area contributed by atoms with Gasteiger partial charge in [0.2, 0.25) is 5.91 Å². The molecule has 3 rings (SSSR count). The van der Waals surface area contributed by atoms with Crippen molar-refractivity contribution in [3.63, 3.8) is 0 Å². The van der Waals surface area contributed by atoms with Crippen molar-refractivity contribution in [2.75, 3.05) is 26.2 Å². The van der Waals surface area contributed by atoms with Crippen molar-refractivity contribution in [1.82, 2.24) is 15.0 Å². The summed E-state index contributed by atoms with van der Waals surface area (Å²) in [6.07, 6.45) is 2.52. The van der Waals surface area contributed by atoms with Gasteiger partial charge in [0.25, 0.3) is 0 Å². The van der Waals surface area contributed by atoms with Crippen molar-refractivity contribution in [1.29, 1.82) is 0 Å². The first kappa shape index (κ1) is 18.6. The van der Waals surface area contributed by atoms with Gasteiger partial charge in [-0.1, -0.05) is 35.0 Å². The molecule has 1 aromatic carbocycles. The zero-order valence-electron chi connectivity index (χ0n) is 16.1. The summed E-state index contributed by atoms with van der Waals surface area (Å²) in [5.41, 5.74) is 4.74. The van der Waals surface area contributed by atoms with E-state index in [-0.39, 0.29) is 5.91 Å². The third-order valence-corrected chi connectivity index (χ3v) is 5.26. The lowest BCUT2D eigenvalue weighted by molar-refractivity contribution is -0.133. The highest BCUT2D eigenvalue weighted by Crippen LogP contribution is 2.17. The number of carbonyl (C=O) groups is 1. The average Bonchev–Trinajstić information content (AvgIpc) is 2.96. The minimum atomic E-state index is 0.286. The van der Waals surface area contributed by atoms with Crippen LogP contribution in [-0.2, 0) is 17.8 Å². The van der Waals surface area contributed by atoms with Crippen LogP contribution in [0.25, 0.3) is 0 Å². The molecule has 0 unspecified atom stereocenters. The second-order valence-corrected chi connectivity index (χ2v) is 7.30. The van der Waals surface area contributed by atoms with Gasteiger partial charge in [0.05, 0.1) is 5.69 Å². The van der Waals surface area contributed by atoms with Gasteiger partial charge in [-0.3, -0.25) is 9.69 Å². The molecule has 1 aliphatic rings. The lowest BCUT2D eigenvalue weighted by Gasteiger charge is -2.34. The van der Waals surface area contributed by atoms with Crippen LogP contribution < -0.4 is 0 Å². The zero-order valence-corrected chi connectivity index (χ0v) is 16.1. The van der Waals surface area contributed by atoms with Gasteiger partial charge in [-0.05, 0) is 39.2 Å². The fourth-order valence-electron chi connectivity index (χ4n) is 3.46. The smallest absolute Gasteiger partial charge is 0.222 e. The zero-order chi connectivity index (χ0) is 18.5. The summed E-state index contributed by atoms with van der Waals surface area (Å²) < 4.78 is 5.24. The molecule has 1 aliphatic heterocycles. The quantitative estimate of drug-likeness (QED) is 0.798. The number of nitrogens with zero attached hydrogens (tertiary/aromatic N) is 3. The molecular formula is C21H29N3O2. The largest absolute Gasteiger partial charge is 0.361 e. The second-order valence-electron chi connectivity index (χ2n) is 7.30. The lowest BCUT2D eigenvalue weighted by Crippen LogP contribution is -2.48. The van der Waals surface area contributed by atoms with Crippen molar-refractivity contribution in [2.45, 2.75) is 46.6 Å². The molecule has 5 nitrogen and oxygen atoms in total. The Morgan fingerprint density at radius 3 is 2.38 bits per heavy atom. The van der Waals surface area contributed by atoms with E-state index in [0.717, 1.165) is 57.0 Å². The van der Waals surface area contributed by atoms with E-state index in [0.29, 0.717) is 6.42 Å². The van der Waals surface area contributed by atoms with E-state index in [4.69, 9.17) is 4.52 Å². The number of rotatable bonds is 6. The molecule has 0 N–H and O–H groups in total. The molecule has 2 aromatic rings. The molecule has 0 saturated carbocycles. The van der Waals surface area contributed by atoms with Crippen LogP contribution in [0, 0.1) is 20.8 Å². The third-order valence-electron chi connectivity index (χ3n) is 5.26. The fraction of sp³-hybridized carbons (Fsp3) is 0.524. The molecule has 0 radical (unpaired) electrons. The van der Waals surface area contributed by atoms with Gasteiger partial charge < -0.3 is 9.42 Å². The first-order valence-corrected chi connectivity index (χ1v) is 9.50. The Morgan fingerprint density at radius 2 is 1.77 bits per heavy atom. The van der Waals surface area contributed by atoms with Crippen molar-refractivity contribution < 1.29 is 9.32 Å². The number of carbonyl (C=O) groups excluding carboxylic acids is 1. The number of hydrogen-bond acceptors (Lipinski definition) is 4. The Kier molecular flexibility index (Phi) is 6.09. The standard InChI is InChI=1S/C21H29N3O2/c1-16-7-9-19(10-8-16)5-4-6-21(25)24-13-11-23(12-14-24)15-20-17(2)22-26-18(20)3/h7-10H,4-6,11-15H2,1-3H3. The van der Waals surface area contributed by atoms with Gasteiger partial charge in [-0.15, -0.1) is 0 Å². The van der Waals surface area contributed by atoms with Gasteiger partial charge >= 0.3 is 0 Å². The summed E-state index contributed by atoms with van der Waals surface area (Å²) in [5.74, 6) is 1.19. The SMILES string of the molecule is Cc1ccc(CCCC(=O)N2CCN(Cc3c(C)noc3C)CC2)cc1. The number of aromatic nitrogens is 1. The number of amides is 1. The molecular weight excluding hydrogens is 326 g/mol. The molecule has 26 heavy (non-hydrogen) atoms. The molecule has 140 valence electrons. The van der Waals surface area contributed by atoms with Crippen LogP contribution in [0.1, 0.15) is 41.0 Å². The highest BCUT2D eigenvalue weighted by molar-refractivity contribution is 5.76. The predicted octanol–water partition coefficient (Wildman–Crippen LogP) is 3.27. The van der Waals surface area contributed by atoms with Crippen LogP contribution >= 0.6 is 0 Å². The number of hydrogen-bond donors (Lipinski definition) is 0. The molecule has 0 aliphatic carbocycles. The summed E-state index contributed by atoms with van der Waals surface area (Å²) in [6, 6.07) is 8.59. The van der Waals surface area contributed by atoms with E-state index in [2.05, 4.69) is 41.2 Å². The summed E-state index contributed by atoms with van der Waals surface area (Å²) in [4.78, 5) is 16.8.